The molecule has 0 heterocycles. The summed E-state index contributed by atoms with van der Waals surface area (Å²) in [5, 5.41) is 0. The molecule has 1 nitrogen and oxygen atoms in total. The molecule has 0 unspecified atom stereocenters. The number of terminal acetylenes is 1. The lowest BCUT2D eigenvalue weighted by Gasteiger charge is -2.23. The van der Waals surface area contributed by atoms with Gasteiger partial charge in [-0.2, -0.15) is 0 Å². The Kier molecular flexibility index (Phi) is 4.45. The predicted molar refractivity (Wildman–Crippen MR) is 67.1 cm³/mol. The maximum absolute atomic E-state index is 12.8. The van der Waals surface area contributed by atoms with E-state index in [1.807, 2.05) is 13.8 Å². The molecule has 1 rings (SSSR count). The van der Waals surface area contributed by atoms with E-state index in [1.54, 1.807) is 12.1 Å². The molecule has 0 saturated carbocycles. The van der Waals surface area contributed by atoms with Crippen LogP contribution < -0.4 is 0 Å². The normalized spacial score (nSPS) is 10.9. The summed E-state index contributed by atoms with van der Waals surface area (Å²) in [6.45, 7) is 3.72. The van der Waals surface area contributed by atoms with Crippen molar-refractivity contribution in [3.05, 3.63) is 35.6 Å². The van der Waals surface area contributed by atoms with E-state index in [0.29, 0.717) is 19.3 Å². The number of hydrogen-bond acceptors (Lipinski definition) is 1. The molecule has 17 heavy (non-hydrogen) atoms. The van der Waals surface area contributed by atoms with Crippen molar-refractivity contribution >= 4 is 5.78 Å². The van der Waals surface area contributed by atoms with E-state index in [0.717, 1.165) is 5.56 Å². The summed E-state index contributed by atoms with van der Waals surface area (Å²) in [5.74, 6) is 2.37. The van der Waals surface area contributed by atoms with Crippen LogP contribution in [0.3, 0.4) is 0 Å². The van der Waals surface area contributed by atoms with Crippen molar-refractivity contribution in [3.63, 3.8) is 0 Å². The highest BCUT2D eigenvalue weighted by atomic mass is 19.1. The summed E-state index contributed by atoms with van der Waals surface area (Å²) >= 11 is 0. The minimum atomic E-state index is -0.581. The highest BCUT2D eigenvalue weighted by Crippen LogP contribution is 2.26. The first-order chi connectivity index (χ1) is 7.98. The summed E-state index contributed by atoms with van der Waals surface area (Å²) in [7, 11) is 0. The van der Waals surface area contributed by atoms with Gasteiger partial charge >= 0.3 is 0 Å². The standard InChI is InChI=1S/C15H17FO/c1-4-5-6-7-14(17)15(2,3)12-8-10-13(16)11-9-12/h1,8-11H,5-7H2,2-3H3. The number of unbranched alkanes of at least 4 members (excludes halogenated alkanes) is 1. The molecule has 0 saturated heterocycles. The molecule has 1 aromatic rings. The molecule has 90 valence electrons. The Labute approximate surface area is 102 Å². The SMILES string of the molecule is C#CCCCC(=O)C(C)(C)c1ccc(F)cc1. The van der Waals surface area contributed by atoms with Crippen molar-refractivity contribution in [3.8, 4) is 12.3 Å². The average molecular weight is 232 g/mol. The van der Waals surface area contributed by atoms with Gasteiger partial charge in [-0.1, -0.05) is 12.1 Å². The highest BCUT2D eigenvalue weighted by Gasteiger charge is 2.28. The van der Waals surface area contributed by atoms with Crippen LogP contribution in [-0.4, -0.2) is 5.78 Å². The number of Topliss-reactive ketones (excluding diaryl/α,β-unsaturated/α-hetero) is 1. The molecule has 1 aromatic carbocycles. The van der Waals surface area contributed by atoms with Gasteiger partial charge in [0.1, 0.15) is 11.6 Å². The monoisotopic (exact) mass is 232 g/mol. The molecule has 0 N–H and O–H groups in total. The first-order valence-corrected chi connectivity index (χ1v) is 5.71. The molecule has 0 aliphatic heterocycles. The van der Waals surface area contributed by atoms with Crippen molar-refractivity contribution in [2.24, 2.45) is 0 Å². The number of halogens is 1. The maximum atomic E-state index is 12.8. The molecular formula is C15H17FO. The number of ketones is 1. The van der Waals surface area contributed by atoms with Crippen LogP contribution >= 0.6 is 0 Å². The molecule has 0 aromatic heterocycles. The lowest BCUT2D eigenvalue weighted by Crippen LogP contribution is -2.28. The van der Waals surface area contributed by atoms with E-state index in [2.05, 4.69) is 5.92 Å². The fourth-order valence-electron chi connectivity index (χ4n) is 1.69. The van der Waals surface area contributed by atoms with E-state index in [9.17, 15) is 9.18 Å². The van der Waals surface area contributed by atoms with Crippen LogP contribution in [0.2, 0.25) is 0 Å². The van der Waals surface area contributed by atoms with E-state index in [4.69, 9.17) is 6.42 Å². The van der Waals surface area contributed by atoms with Crippen LogP contribution in [0.1, 0.15) is 38.7 Å². The third kappa shape index (κ3) is 3.42. The zero-order chi connectivity index (χ0) is 12.9. The van der Waals surface area contributed by atoms with Gasteiger partial charge in [0.25, 0.3) is 0 Å². The summed E-state index contributed by atoms with van der Waals surface area (Å²) < 4.78 is 12.8. The minimum absolute atomic E-state index is 0.138. The number of hydrogen-bond donors (Lipinski definition) is 0. The lowest BCUT2D eigenvalue weighted by molar-refractivity contribution is -0.123. The molecule has 0 fully saturated rings. The van der Waals surface area contributed by atoms with E-state index in [-0.39, 0.29) is 11.6 Å². The molecule has 0 spiro atoms. The van der Waals surface area contributed by atoms with Crippen molar-refractivity contribution in [1.29, 1.82) is 0 Å². The molecule has 0 atom stereocenters. The van der Waals surface area contributed by atoms with Crippen LogP contribution in [0.4, 0.5) is 4.39 Å². The highest BCUT2D eigenvalue weighted by molar-refractivity contribution is 5.89. The third-order valence-corrected chi connectivity index (χ3v) is 2.99. The fraction of sp³-hybridized carbons (Fsp3) is 0.400. The van der Waals surface area contributed by atoms with Gasteiger partial charge in [0.05, 0.1) is 0 Å². The Hall–Kier alpha value is -1.62. The van der Waals surface area contributed by atoms with Gasteiger partial charge < -0.3 is 0 Å². The second kappa shape index (κ2) is 5.63. The van der Waals surface area contributed by atoms with Gasteiger partial charge in [-0.05, 0) is 38.0 Å². The second-order valence-corrected chi connectivity index (χ2v) is 4.61. The van der Waals surface area contributed by atoms with Gasteiger partial charge in [-0.25, -0.2) is 4.39 Å². The average Bonchev–Trinajstić information content (AvgIpc) is 2.29. The van der Waals surface area contributed by atoms with Crippen molar-refractivity contribution in [1.82, 2.24) is 0 Å². The molecule has 0 aliphatic carbocycles. The molecule has 0 amide bonds. The van der Waals surface area contributed by atoms with E-state index >= 15 is 0 Å². The molecule has 0 bridgehead atoms. The summed E-state index contributed by atoms with van der Waals surface area (Å²) in [6.07, 6.45) is 6.94. The summed E-state index contributed by atoms with van der Waals surface area (Å²) in [6, 6.07) is 6.08. The fourth-order valence-corrected chi connectivity index (χ4v) is 1.69. The van der Waals surface area contributed by atoms with Crippen molar-refractivity contribution < 1.29 is 9.18 Å². The van der Waals surface area contributed by atoms with Crippen LogP contribution in [0.5, 0.6) is 0 Å². The van der Waals surface area contributed by atoms with Crippen LogP contribution in [0, 0.1) is 18.2 Å². The quantitative estimate of drug-likeness (QED) is 0.561. The molecule has 2 heteroatoms. The van der Waals surface area contributed by atoms with Crippen LogP contribution in [-0.2, 0) is 10.2 Å². The van der Waals surface area contributed by atoms with Gasteiger partial charge in [-0.15, -0.1) is 12.3 Å². The Morgan fingerprint density at radius 3 is 2.47 bits per heavy atom. The van der Waals surface area contributed by atoms with Crippen molar-refractivity contribution in [2.45, 2.75) is 38.5 Å². The maximum Gasteiger partial charge on any atom is 0.142 e. The number of carbonyl (C=O) groups is 1. The zero-order valence-corrected chi connectivity index (χ0v) is 10.3. The van der Waals surface area contributed by atoms with Gasteiger partial charge in [0.2, 0.25) is 0 Å². The van der Waals surface area contributed by atoms with Gasteiger partial charge in [-0.3, -0.25) is 4.79 Å². The van der Waals surface area contributed by atoms with Gasteiger partial charge in [0, 0.05) is 18.3 Å². The predicted octanol–water partition coefficient (Wildman–Crippen LogP) is 3.48. The largest absolute Gasteiger partial charge is 0.299 e. The minimum Gasteiger partial charge on any atom is -0.299 e. The Morgan fingerprint density at radius 2 is 1.94 bits per heavy atom. The zero-order valence-electron chi connectivity index (χ0n) is 10.3. The second-order valence-electron chi connectivity index (χ2n) is 4.61. The Bertz CT molecular complexity index is 423. The Morgan fingerprint density at radius 1 is 1.35 bits per heavy atom. The summed E-state index contributed by atoms with van der Waals surface area (Å²) in [5.41, 5.74) is 0.257. The molecule has 0 radical (unpaired) electrons. The van der Waals surface area contributed by atoms with E-state index in [1.165, 1.54) is 12.1 Å². The van der Waals surface area contributed by atoms with Crippen LogP contribution in [0.25, 0.3) is 0 Å². The molecular weight excluding hydrogens is 215 g/mol. The van der Waals surface area contributed by atoms with E-state index < -0.39 is 5.41 Å². The topological polar surface area (TPSA) is 17.1 Å². The third-order valence-electron chi connectivity index (χ3n) is 2.99. The van der Waals surface area contributed by atoms with Crippen molar-refractivity contribution in [2.75, 3.05) is 0 Å². The number of carbonyl (C=O) groups excluding carboxylic acids is 1. The first-order valence-electron chi connectivity index (χ1n) is 5.71. The van der Waals surface area contributed by atoms with Gasteiger partial charge in [0.15, 0.2) is 0 Å². The number of rotatable bonds is 5. The van der Waals surface area contributed by atoms with Crippen LogP contribution in [0.15, 0.2) is 24.3 Å². The number of benzene rings is 1. The molecule has 0 aliphatic rings. The Balaban J connectivity index is 2.76. The smallest absolute Gasteiger partial charge is 0.142 e. The first kappa shape index (κ1) is 13.4. The summed E-state index contributed by atoms with van der Waals surface area (Å²) in [4.78, 5) is 12.1. The lowest BCUT2D eigenvalue weighted by atomic mass is 9.79.